The Bertz CT molecular complexity index is 526. The van der Waals surface area contributed by atoms with Gasteiger partial charge in [-0.3, -0.25) is 4.79 Å². The first-order valence-corrected chi connectivity index (χ1v) is 8.01. The zero-order valence-corrected chi connectivity index (χ0v) is 12.4. The molecule has 0 saturated carbocycles. The van der Waals surface area contributed by atoms with E-state index in [9.17, 15) is 13.2 Å². The van der Waals surface area contributed by atoms with Crippen LogP contribution in [-0.4, -0.2) is 27.4 Å². The van der Waals surface area contributed by atoms with Crippen molar-refractivity contribution < 1.29 is 13.2 Å². The van der Waals surface area contributed by atoms with Crippen molar-refractivity contribution in [3.8, 4) is 0 Å². The van der Waals surface area contributed by atoms with Crippen LogP contribution in [0.25, 0.3) is 0 Å². The van der Waals surface area contributed by atoms with E-state index in [2.05, 4.69) is 10.0 Å². The van der Waals surface area contributed by atoms with Gasteiger partial charge < -0.3 is 11.1 Å². The Morgan fingerprint density at radius 2 is 1.80 bits per heavy atom. The number of unbranched alkanes of at least 4 members (excludes halogenated alkanes) is 2. The molecule has 0 radical (unpaired) electrons. The Hall–Kier alpha value is -1.44. The van der Waals surface area contributed by atoms with Crippen LogP contribution in [0.3, 0.4) is 0 Å². The van der Waals surface area contributed by atoms with Gasteiger partial charge >= 0.3 is 0 Å². The van der Waals surface area contributed by atoms with Gasteiger partial charge in [0, 0.05) is 19.2 Å². The molecule has 0 aliphatic carbocycles. The zero-order chi connectivity index (χ0) is 15.0. The summed E-state index contributed by atoms with van der Waals surface area (Å²) in [7, 11) is -3.49. The van der Waals surface area contributed by atoms with Crippen molar-refractivity contribution in [2.24, 2.45) is 5.73 Å². The summed E-state index contributed by atoms with van der Waals surface area (Å²) in [6.45, 7) is 2.42. The van der Waals surface area contributed by atoms with E-state index in [0.29, 0.717) is 18.8 Å². The van der Waals surface area contributed by atoms with Gasteiger partial charge in [-0.2, -0.15) is 0 Å². The lowest BCUT2D eigenvalue weighted by molar-refractivity contribution is -0.114. The van der Waals surface area contributed by atoms with Crippen molar-refractivity contribution in [2.75, 3.05) is 18.4 Å². The molecule has 6 nitrogen and oxygen atoms in total. The fourth-order valence-electron chi connectivity index (χ4n) is 1.66. The maximum atomic E-state index is 12.0. The van der Waals surface area contributed by atoms with E-state index in [1.165, 1.54) is 19.1 Å². The number of carbonyl (C=O) groups excluding carboxylic acids is 1. The molecule has 4 N–H and O–H groups in total. The molecule has 0 saturated heterocycles. The molecular weight excluding hydrogens is 278 g/mol. The van der Waals surface area contributed by atoms with Gasteiger partial charge in [-0.25, -0.2) is 13.1 Å². The van der Waals surface area contributed by atoms with E-state index in [4.69, 9.17) is 5.73 Å². The average molecular weight is 299 g/mol. The number of hydrogen-bond acceptors (Lipinski definition) is 4. The maximum absolute atomic E-state index is 12.0. The third kappa shape index (κ3) is 5.68. The molecule has 1 rings (SSSR count). The summed E-state index contributed by atoms with van der Waals surface area (Å²) in [4.78, 5) is 11.1. The first-order valence-electron chi connectivity index (χ1n) is 6.53. The Morgan fingerprint density at radius 1 is 1.15 bits per heavy atom. The fraction of sp³-hybridized carbons (Fsp3) is 0.462. The number of rotatable bonds is 8. The summed E-state index contributed by atoms with van der Waals surface area (Å²) in [6, 6.07) is 6.05. The van der Waals surface area contributed by atoms with Gasteiger partial charge in [-0.1, -0.05) is 6.42 Å². The van der Waals surface area contributed by atoms with Crippen LogP contribution in [0.5, 0.6) is 0 Å². The highest BCUT2D eigenvalue weighted by atomic mass is 32.2. The second-order valence-corrected chi connectivity index (χ2v) is 6.22. The lowest BCUT2D eigenvalue weighted by atomic mass is 10.2. The van der Waals surface area contributed by atoms with Crippen LogP contribution in [0.4, 0.5) is 5.69 Å². The molecule has 1 aromatic rings. The average Bonchev–Trinajstić information content (AvgIpc) is 2.38. The number of benzene rings is 1. The van der Waals surface area contributed by atoms with Crippen molar-refractivity contribution >= 4 is 21.6 Å². The molecule has 112 valence electrons. The van der Waals surface area contributed by atoms with Gasteiger partial charge in [0.2, 0.25) is 15.9 Å². The summed E-state index contributed by atoms with van der Waals surface area (Å²) < 4.78 is 26.5. The maximum Gasteiger partial charge on any atom is 0.240 e. The molecule has 1 amide bonds. The summed E-state index contributed by atoms with van der Waals surface area (Å²) in [6.07, 6.45) is 2.56. The number of amides is 1. The fourth-order valence-corrected chi connectivity index (χ4v) is 2.73. The minimum atomic E-state index is -3.49. The molecule has 1 aromatic carbocycles. The number of anilines is 1. The van der Waals surface area contributed by atoms with Crippen molar-refractivity contribution in [2.45, 2.75) is 31.1 Å². The monoisotopic (exact) mass is 299 g/mol. The molecule has 20 heavy (non-hydrogen) atoms. The van der Waals surface area contributed by atoms with Crippen LogP contribution >= 0.6 is 0 Å². The first kappa shape index (κ1) is 16.6. The quantitative estimate of drug-likeness (QED) is 0.624. The van der Waals surface area contributed by atoms with E-state index >= 15 is 0 Å². The molecule has 0 unspecified atom stereocenters. The molecule has 7 heteroatoms. The molecular formula is C13H21N3O3S. The van der Waals surface area contributed by atoms with Crippen molar-refractivity contribution in [1.29, 1.82) is 0 Å². The number of nitrogens with two attached hydrogens (primary N) is 1. The molecule has 0 atom stereocenters. The first-order chi connectivity index (χ1) is 9.45. The van der Waals surface area contributed by atoms with Gasteiger partial charge in [0.1, 0.15) is 0 Å². The second kappa shape index (κ2) is 7.98. The largest absolute Gasteiger partial charge is 0.330 e. The third-order valence-electron chi connectivity index (χ3n) is 2.66. The van der Waals surface area contributed by atoms with E-state index < -0.39 is 10.0 Å². The third-order valence-corrected chi connectivity index (χ3v) is 4.13. The molecule has 0 aromatic heterocycles. The van der Waals surface area contributed by atoms with Crippen molar-refractivity contribution in [3.63, 3.8) is 0 Å². The van der Waals surface area contributed by atoms with Crippen LogP contribution < -0.4 is 15.8 Å². The minimum absolute atomic E-state index is 0.186. The molecule has 0 bridgehead atoms. The number of nitrogens with one attached hydrogen (secondary N) is 2. The summed E-state index contributed by atoms with van der Waals surface area (Å²) in [5.41, 5.74) is 5.94. The molecule has 0 fully saturated rings. The van der Waals surface area contributed by atoms with Crippen LogP contribution in [0.1, 0.15) is 26.2 Å². The highest BCUT2D eigenvalue weighted by Gasteiger charge is 2.12. The molecule has 0 aliphatic heterocycles. The highest BCUT2D eigenvalue weighted by molar-refractivity contribution is 7.89. The SMILES string of the molecule is CC(=O)Nc1ccc(S(=O)(=O)NCCCCCN)cc1. The molecule has 0 spiro atoms. The number of carbonyl (C=O) groups is 1. The van der Waals surface area contributed by atoms with E-state index in [0.717, 1.165) is 19.3 Å². The van der Waals surface area contributed by atoms with E-state index in [-0.39, 0.29) is 10.8 Å². The summed E-state index contributed by atoms with van der Waals surface area (Å²) in [5.74, 6) is -0.196. The van der Waals surface area contributed by atoms with Crippen LogP contribution in [0, 0.1) is 0 Å². The Morgan fingerprint density at radius 3 is 2.35 bits per heavy atom. The predicted molar refractivity (Wildman–Crippen MR) is 78.8 cm³/mol. The zero-order valence-electron chi connectivity index (χ0n) is 11.6. The standard InChI is InChI=1S/C13H21N3O3S/c1-11(17)16-12-5-7-13(8-6-12)20(18,19)15-10-4-2-3-9-14/h5-8,15H,2-4,9-10,14H2,1H3,(H,16,17). The summed E-state index contributed by atoms with van der Waals surface area (Å²) >= 11 is 0. The second-order valence-electron chi connectivity index (χ2n) is 4.45. The van der Waals surface area contributed by atoms with E-state index in [1.807, 2.05) is 0 Å². The number of sulfonamides is 1. The van der Waals surface area contributed by atoms with Crippen LogP contribution in [0.15, 0.2) is 29.2 Å². The van der Waals surface area contributed by atoms with Crippen molar-refractivity contribution in [3.05, 3.63) is 24.3 Å². The molecule has 0 aliphatic rings. The Labute approximate surface area is 119 Å². The minimum Gasteiger partial charge on any atom is -0.330 e. The molecule has 0 heterocycles. The Kier molecular flexibility index (Phi) is 6.63. The van der Waals surface area contributed by atoms with Gasteiger partial charge in [-0.05, 0) is 43.7 Å². The smallest absolute Gasteiger partial charge is 0.240 e. The van der Waals surface area contributed by atoms with Gasteiger partial charge in [0.15, 0.2) is 0 Å². The summed E-state index contributed by atoms with van der Waals surface area (Å²) in [5, 5.41) is 2.58. The lowest BCUT2D eigenvalue weighted by Gasteiger charge is -2.08. The number of hydrogen-bond donors (Lipinski definition) is 3. The normalized spacial score (nSPS) is 11.3. The highest BCUT2D eigenvalue weighted by Crippen LogP contribution is 2.13. The van der Waals surface area contributed by atoms with Gasteiger partial charge in [0.05, 0.1) is 4.90 Å². The van der Waals surface area contributed by atoms with Crippen LogP contribution in [0.2, 0.25) is 0 Å². The topological polar surface area (TPSA) is 101 Å². The van der Waals surface area contributed by atoms with Crippen molar-refractivity contribution in [1.82, 2.24) is 4.72 Å². The Balaban J connectivity index is 2.56. The predicted octanol–water partition coefficient (Wildman–Crippen LogP) is 1.05. The van der Waals surface area contributed by atoms with Gasteiger partial charge in [-0.15, -0.1) is 0 Å². The lowest BCUT2D eigenvalue weighted by Crippen LogP contribution is -2.24. The van der Waals surface area contributed by atoms with Crippen LogP contribution in [-0.2, 0) is 14.8 Å². The van der Waals surface area contributed by atoms with E-state index in [1.54, 1.807) is 12.1 Å². The van der Waals surface area contributed by atoms with Gasteiger partial charge in [0.25, 0.3) is 0 Å².